The fraction of sp³-hybridized carbons (Fsp3) is 0.714. The van der Waals surface area contributed by atoms with Crippen molar-refractivity contribution in [2.24, 2.45) is 0 Å². The summed E-state index contributed by atoms with van der Waals surface area (Å²) in [5.41, 5.74) is 1.01. The molecule has 1 aliphatic rings. The van der Waals surface area contributed by atoms with E-state index in [1.54, 1.807) is 7.11 Å². The van der Waals surface area contributed by atoms with Crippen LogP contribution < -0.4 is 5.32 Å². The summed E-state index contributed by atoms with van der Waals surface area (Å²) in [5.74, 6) is 2.52. The topological polar surface area (TPSA) is 47.0 Å². The van der Waals surface area contributed by atoms with Gasteiger partial charge in [0, 0.05) is 19.6 Å². The molecule has 1 heterocycles. The third kappa shape index (κ3) is 3.78. The third-order valence-corrected chi connectivity index (χ3v) is 4.61. The van der Waals surface area contributed by atoms with Crippen LogP contribution in [-0.2, 0) is 11.3 Å². The molecule has 0 aliphatic heterocycles. The summed E-state index contributed by atoms with van der Waals surface area (Å²) in [6.07, 6.45) is 6.15. The summed E-state index contributed by atoms with van der Waals surface area (Å²) in [4.78, 5) is 9.48. The summed E-state index contributed by atoms with van der Waals surface area (Å²) in [6.45, 7) is 3.67. The molecule has 1 aliphatic carbocycles. The Kier molecular flexibility index (Phi) is 5.81. The maximum atomic E-state index is 5.26. The minimum atomic E-state index is 0.537. The molecule has 0 aromatic carbocycles. The fourth-order valence-electron chi connectivity index (χ4n) is 2.47. The van der Waals surface area contributed by atoms with Crippen molar-refractivity contribution < 1.29 is 4.74 Å². The van der Waals surface area contributed by atoms with Crippen molar-refractivity contribution in [3.63, 3.8) is 0 Å². The zero-order valence-electron chi connectivity index (χ0n) is 11.7. The molecule has 4 nitrogen and oxygen atoms in total. The van der Waals surface area contributed by atoms with E-state index in [1.165, 1.54) is 25.7 Å². The summed E-state index contributed by atoms with van der Waals surface area (Å²) in [5, 5.41) is 3.41. The summed E-state index contributed by atoms with van der Waals surface area (Å²) in [7, 11) is 1.71. The van der Waals surface area contributed by atoms with Gasteiger partial charge in [-0.1, -0.05) is 19.8 Å². The SMILES string of the molecule is CCCNc1nc(C2CCCC2)nc(COC)c1I. The highest BCUT2D eigenvalue weighted by atomic mass is 127. The van der Waals surface area contributed by atoms with Crippen molar-refractivity contribution in [3.8, 4) is 0 Å². The zero-order valence-corrected chi connectivity index (χ0v) is 13.9. The van der Waals surface area contributed by atoms with Crippen LogP contribution >= 0.6 is 22.6 Å². The first-order valence-electron chi connectivity index (χ1n) is 7.05. The van der Waals surface area contributed by atoms with Gasteiger partial charge in [0.05, 0.1) is 15.9 Å². The van der Waals surface area contributed by atoms with Gasteiger partial charge in [0.25, 0.3) is 0 Å². The molecular formula is C14H22IN3O. The van der Waals surface area contributed by atoms with E-state index >= 15 is 0 Å². The second kappa shape index (κ2) is 7.38. The minimum Gasteiger partial charge on any atom is -0.378 e. The molecule has 0 saturated heterocycles. The van der Waals surface area contributed by atoms with Gasteiger partial charge in [-0.25, -0.2) is 9.97 Å². The summed E-state index contributed by atoms with van der Waals surface area (Å²) < 4.78 is 6.36. The average Bonchev–Trinajstić information content (AvgIpc) is 2.94. The predicted octanol–water partition coefficient (Wildman–Crippen LogP) is 3.71. The molecule has 0 bridgehead atoms. The Morgan fingerprint density at radius 2 is 2.05 bits per heavy atom. The van der Waals surface area contributed by atoms with E-state index < -0.39 is 0 Å². The Hall–Kier alpha value is -0.430. The highest BCUT2D eigenvalue weighted by molar-refractivity contribution is 14.1. The first-order chi connectivity index (χ1) is 9.26. The summed E-state index contributed by atoms with van der Waals surface area (Å²) in [6, 6.07) is 0. The lowest BCUT2D eigenvalue weighted by atomic mass is 10.1. The maximum absolute atomic E-state index is 5.26. The van der Waals surface area contributed by atoms with Gasteiger partial charge in [-0.15, -0.1) is 0 Å². The number of nitrogens with zero attached hydrogens (tertiary/aromatic N) is 2. The van der Waals surface area contributed by atoms with Gasteiger partial charge in [0.15, 0.2) is 0 Å². The van der Waals surface area contributed by atoms with Gasteiger partial charge < -0.3 is 10.1 Å². The van der Waals surface area contributed by atoms with Crippen molar-refractivity contribution in [3.05, 3.63) is 15.1 Å². The normalized spacial score (nSPS) is 15.9. The lowest BCUT2D eigenvalue weighted by Crippen LogP contribution is -2.12. The van der Waals surface area contributed by atoms with Crippen LogP contribution in [0.3, 0.4) is 0 Å². The molecule has 1 aromatic rings. The Morgan fingerprint density at radius 3 is 2.68 bits per heavy atom. The van der Waals surface area contributed by atoms with Crippen LogP contribution in [0, 0.1) is 3.57 Å². The molecule has 0 unspecified atom stereocenters. The van der Waals surface area contributed by atoms with Gasteiger partial charge in [-0.2, -0.15) is 0 Å². The summed E-state index contributed by atoms with van der Waals surface area (Å²) >= 11 is 2.32. The number of rotatable bonds is 6. The second-order valence-corrected chi connectivity index (χ2v) is 6.11. The van der Waals surface area contributed by atoms with Crippen LogP contribution in [0.25, 0.3) is 0 Å². The number of nitrogens with one attached hydrogen (secondary N) is 1. The monoisotopic (exact) mass is 375 g/mol. The molecule has 0 atom stereocenters. The largest absolute Gasteiger partial charge is 0.378 e. The van der Waals surface area contributed by atoms with Gasteiger partial charge >= 0.3 is 0 Å². The zero-order chi connectivity index (χ0) is 13.7. The lowest BCUT2D eigenvalue weighted by molar-refractivity contribution is 0.180. The predicted molar refractivity (Wildman–Crippen MR) is 85.5 cm³/mol. The molecular weight excluding hydrogens is 353 g/mol. The van der Waals surface area contributed by atoms with E-state index in [0.29, 0.717) is 12.5 Å². The second-order valence-electron chi connectivity index (χ2n) is 5.03. The number of hydrogen-bond acceptors (Lipinski definition) is 4. The first-order valence-corrected chi connectivity index (χ1v) is 8.13. The number of halogens is 1. The van der Waals surface area contributed by atoms with E-state index in [1.807, 2.05) is 0 Å². The van der Waals surface area contributed by atoms with Crippen LogP contribution in [0.5, 0.6) is 0 Å². The van der Waals surface area contributed by atoms with Crippen molar-refractivity contribution in [2.75, 3.05) is 19.0 Å². The van der Waals surface area contributed by atoms with Crippen LogP contribution in [-0.4, -0.2) is 23.6 Å². The van der Waals surface area contributed by atoms with Crippen molar-refractivity contribution in [1.82, 2.24) is 9.97 Å². The Bertz CT molecular complexity index is 419. The highest BCUT2D eigenvalue weighted by Gasteiger charge is 2.22. The van der Waals surface area contributed by atoms with E-state index in [4.69, 9.17) is 14.7 Å². The van der Waals surface area contributed by atoms with Crippen LogP contribution in [0.1, 0.15) is 56.5 Å². The Labute approximate surface area is 128 Å². The molecule has 19 heavy (non-hydrogen) atoms. The number of aromatic nitrogens is 2. The molecule has 0 radical (unpaired) electrons. The highest BCUT2D eigenvalue weighted by Crippen LogP contribution is 2.33. The fourth-order valence-corrected chi connectivity index (χ4v) is 3.06. The van der Waals surface area contributed by atoms with E-state index in [0.717, 1.165) is 33.9 Å². The average molecular weight is 375 g/mol. The minimum absolute atomic E-state index is 0.537. The molecule has 1 aromatic heterocycles. The standard InChI is InChI=1S/C14H22IN3O/c1-3-8-16-14-12(15)11(9-19-2)17-13(18-14)10-6-4-5-7-10/h10H,3-9H2,1-2H3,(H,16,17,18). The molecule has 5 heteroatoms. The molecule has 1 saturated carbocycles. The Balaban J connectivity index is 2.29. The first kappa shape index (κ1) is 15.0. The molecule has 0 amide bonds. The number of methoxy groups -OCH3 is 1. The van der Waals surface area contributed by atoms with Crippen molar-refractivity contribution in [2.45, 2.75) is 51.6 Å². The quantitative estimate of drug-likeness (QED) is 0.771. The molecule has 1 N–H and O–H groups in total. The van der Waals surface area contributed by atoms with Crippen molar-refractivity contribution in [1.29, 1.82) is 0 Å². The van der Waals surface area contributed by atoms with Crippen LogP contribution in [0.15, 0.2) is 0 Å². The van der Waals surface area contributed by atoms with Gasteiger partial charge in [-0.3, -0.25) is 0 Å². The number of hydrogen-bond donors (Lipinski definition) is 1. The van der Waals surface area contributed by atoms with Gasteiger partial charge in [0.2, 0.25) is 0 Å². The van der Waals surface area contributed by atoms with Crippen LogP contribution in [0.2, 0.25) is 0 Å². The third-order valence-electron chi connectivity index (χ3n) is 3.48. The van der Waals surface area contributed by atoms with Crippen molar-refractivity contribution >= 4 is 28.4 Å². The molecule has 0 spiro atoms. The van der Waals surface area contributed by atoms with E-state index in [2.05, 4.69) is 34.8 Å². The number of anilines is 1. The lowest BCUT2D eigenvalue weighted by Gasteiger charge is -2.15. The van der Waals surface area contributed by atoms with E-state index in [9.17, 15) is 0 Å². The maximum Gasteiger partial charge on any atom is 0.143 e. The Morgan fingerprint density at radius 1 is 1.32 bits per heavy atom. The molecule has 1 fully saturated rings. The molecule has 106 valence electrons. The smallest absolute Gasteiger partial charge is 0.143 e. The molecule has 2 rings (SSSR count). The van der Waals surface area contributed by atoms with Gasteiger partial charge in [0.1, 0.15) is 11.6 Å². The van der Waals surface area contributed by atoms with E-state index in [-0.39, 0.29) is 0 Å². The van der Waals surface area contributed by atoms with Crippen LogP contribution in [0.4, 0.5) is 5.82 Å². The van der Waals surface area contributed by atoms with Gasteiger partial charge in [-0.05, 0) is 41.9 Å². The number of ether oxygens (including phenoxy) is 1.